The molecule has 5 nitrogen and oxygen atoms in total. The van der Waals surface area contributed by atoms with Gasteiger partial charge in [-0.15, -0.1) is 0 Å². The fraction of sp³-hybridized carbons (Fsp3) is 0.118. The number of methoxy groups -OCH3 is 1. The lowest BCUT2D eigenvalue weighted by molar-refractivity contribution is 0.0600. The van der Waals surface area contributed by atoms with Crippen LogP contribution in [0.2, 0.25) is 0 Å². The van der Waals surface area contributed by atoms with E-state index in [0.717, 1.165) is 11.3 Å². The standard InChI is InChI=1S/C17H15N3O2/c1-22-17(21)14-6-7-16(15(8-14)10-19)20-11-13-4-2-12(9-18)3-5-13/h2-8,10,19-20H,11H2,1H3. The number of hydrogen-bond acceptors (Lipinski definition) is 5. The number of carbonyl (C=O) groups is 1. The zero-order valence-electron chi connectivity index (χ0n) is 12.1. The van der Waals surface area contributed by atoms with Crippen molar-refractivity contribution in [3.05, 3.63) is 64.7 Å². The van der Waals surface area contributed by atoms with E-state index in [0.29, 0.717) is 23.2 Å². The van der Waals surface area contributed by atoms with Crippen LogP contribution >= 0.6 is 0 Å². The van der Waals surface area contributed by atoms with Crippen LogP contribution in [0.3, 0.4) is 0 Å². The number of hydrogen-bond donors (Lipinski definition) is 2. The summed E-state index contributed by atoms with van der Waals surface area (Å²) >= 11 is 0. The average Bonchev–Trinajstić information content (AvgIpc) is 2.59. The van der Waals surface area contributed by atoms with Gasteiger partial charge in [0.05, 0.1) is 24.3 Å². The van der Waals surface area contributed by atoms with Gasteiger partial charge in [-0.3, -0.25) is 0 Å². The summed E-state index contributed by atoms with van der Waals surface area (Å²) in [5, 5.41) is 19.4. The smallest absolute Gasteiger partial charge is 0.337 e. The van der Waals surface area contributed by atoms with E-state index in [1.54, 1.807) is 30.3 Å². The number of nitrogens with zero attached hydrogens (tertiary/aromatic N) is 1. The lowest BCUT2D eigenvalue weighted by atomic mass is 10.1. The predicted molar refractivity (Wildman–Crippen MR) is 84.2 cm³/mol. The molecule has 0 atom stereocenters. The largest absolute Gasteiger partial charge is 0.465 e. The van der Waals surface area contributed by atoms with Gasteiger partial charge in [0.1, 0.15) is 0 Å². The first-order valence-electron chi connectivity index (χ1n) is 6.63. The molecule has 2 N–H and O–H groups in total. The summed E-state index contributed by atoms with van der Waals surface area (Å²) in [5.41, 5.74) is 3.41. The number of ether oxygens (including phenoxy) is 1. The van der Waals surface area contributed by atoms with Crippen molar-refractivity contribution in [2.45, 2.75) is 6.54 Å². The van der Waals surface area contributed by atoms with Crippen molar-refractivity contribution in [2.75, 3.05) is 12.4 Å². The van der Waals surface area contributed by atoms with Crippen LogP contribution in [0.5, 0.6) is 0 Å². The Morgan fingerprint density at radius 2 is 2.05 bits per heavy atom. The molecule has 0 aliphatic carbocycles. The van der Waals surface area contributed by atoms with Crippen LogP contribution in [0.4, 0.5) is 5.69 Å². The maximum absolute atomic E-state index is 11.5. The van der Waals surface area contributed by atoms with E-state index in [4.69, 9.17) is 10.7 Å². The molecule has 0 aliphatic rings. The fourth-order valence-electron chi connectivity index (χ4n) is 1.98. The molecular formula is C17H15N3O2. The maximum Gasteiger partial charge on any atom is 0.337 e. The van der Waals surface area contributed by atoms with Crippen molar-refractivity contribution < 1.29 is 9.53 Å². The molecule has 110 valence electrons. The van der Waals surface area contributed by atoms with E-state index in [9.17, 15) is 4.79 Å². The molecule has 0 unspecified atom stereocenters. The molecule has 0 saturated heterocycles. The van der Waals surface area contributed by atoms with Crippen molar-refractivity contribution in [1.29, 1.82) is 10.7 Å². The van der Waals surface area contributed by atoms with Crippen molar-refractivity contribution in [3.63, 3.8) is 0 Å². The highest BCUT2D eigenvalue weighted by atomic mass is 16.5. The molecule has 2 aromatic rings. The van der Waals surface area contributed by atoms with Crippen LogP contribution in [0.1, 0.15) is 27.0 Å². The molecule has 0 amide bonds. The van der Waals surface area contributed by atoms with Gasteiger partial charge >= 0.3 is 5.97 Å². The first kappa shape index (κ1) is 15.3. The Bertz CT molecular complexity index is 731. The predicted octanol–water partition coefficient (Wildman–Crippen LogP) is 2.95. The molecule has 0 saturated carbocycles. The van der Waals surface area contributed by atoms with E-state index >= 15 is 0 Å². The Morgan fingerprint density at radius 3 is 2.64 bits per heavy atom. The Hall–Kier alpha value is -3.13. The maximum atomic E-state index is 11.5. The van der Waals surface area contributed by atoms with Crippen molar-refractivity contribution in [2.24, 2.45) is 0 Å². The second-order valence-electron chi connectivity index (χ2n) is 4.60. The Morgan fingerprint density at radius 1 is 1.32 bits per heavy atom. The van der Waals surface area contributed by atoms with Gasteiger partial charge in [-0.2, -0.15) is 5.26 Å². The molecular weight excluding hydrogens is 278 g/mol. The number of rotatable bonds is 5. The third-order valence-corrected chi connectivity index (χ3v) is 3.19. The lowest BCUT2D eigenvalue weighted by Crippen LogP contribution is -2.06. The minimum Gasteiger partial charge on any atom is -0.465 e. The summed E-state index contributed by atoms with van der Waals surface area (Å²) in [5.74, 6) is -0.429. The van der Waals surface area contributed by atoms with Crippen LogP contribution in [0.15, 0.2) is 42.5 Å². The molecule has 0 fully saturated rings. The van der Waals surface area contributed by atoms with Crippen molar-refractivity contribution in [3.8, 4) is 6.07 Å². The van der Waals surface area contributed by atoms with E-state index in [1.165, 1.54) is 13.3 Å². The van der Waals surface area contributed by atoms with Gasteiger partial charge in [0.25, 0.3) is 0 Å². The first-order valence-corrected chi connectivity index (χ1v) is 6.63. The molecule has 5 heteroatoms. The molecule has 0 aliphatic heterocycles. The van der Waals surface area contributed by atoms with Crippen LogP contribution in [-0.2, 0) is 11.3 Å². The molecule has 22 heavy (non-hydrogen) atoms. The number of nitrogens with one attached hydrogen (secondary N) is 2. The number of anilines is 1. The Labute approximate surface area is 128 Å². The third kappa shape index (κ3) is 3.49. The second-order valence-corrected chi connectivity index (χ2v) is 4.60. The molecule has 0 heterocycles. The number of esters is 1. The van der Waals surface area contributed by atoms with Crippen molar-refractivity contribution >= 4 is 17.9 Å². The summed E-state index contributed by atoms with van der Waals surface area (Å²) in [4.78, 5) is 11.5. The zero-order chi connectivity index (χ0) is 15.9. The zero-order valence-corrected chi connectivity index (χ0v) is 12.1. The van der Waals surface area contributed by atoms with Crippen LogP contribution in [0.25, 0.3) is 0 Å². The molecule has 0 radical (unpaired) electrons. The van der Waals surface area contributed by atoms with Gasteiger partial charge in [0.15, 0.2) is 0 Å². The monoisotopic (exact) mass is 293 g/mol. The number of nitriles is 1. The molecule has 0 bridgehead atoms. The quantitative estimate of drug-likeness (QED) is 0.655. The molecule has 2 rings (SSSR count). The highest BCUT2D eigenvalue weighted by Gasteiger charge is 2.08. The van der Waals surface area contributed by atoms with E-state index < -0.39 is 5.97 Å². The topological polar surface area (TPSA) is 86.0 Å². The van der Waals surface area contributed by atoms with Gasteiger partial charge in [-0.25, -0.2) is 4.79 Å². The molecule has 0 aromatic heterocycles. The fourth-order valence-corrected chi connectivity index (χ4v) is 1.98. The SMILES string of the molecule is COC(=O)c1ccc(NCc2ccc(C#N)cc2)c(C=N)c1. The molecule has 2 aromatic carbocycles. The second kappa shape index (κ2) is 7.04. The Kier molecular flexibility index (Phi) is 4.89. The van der Waals surface area contributed by atoms with E-state index in [1.807, 2.05) is 12.1 Å². The Balaban J connectivity index is 2.13. The summed E-state index contributed by atoms with van der Waals surface area (Å²) in [6.07, 6.45) is 1.19. The third-order valence-electron chi connectivity index (χ3n) is 3.19. The highest BCUT2D eigenvalue weighted by Crippen LogP contribution is 2.17. The minimum atomic E-state index is -0.429. The number of carbonyl (C=O) groups excluding carboxylic acids is 1. The minimum absolute atomic E-state index is 0.407. The van der Waals surface area contributed by atoms with Crippen LogP contribution in [-0.4, -0.2) is 19.3 Å². The van der Waals surface area contributed by atoms with Gasteiger partial charge in [-0.05, 0) is 35.9 Å². The highest BCUT2D eigenvalue weighted by molar-refractivity contribution is 5.94. The number of benzene rings is 2. The van der Waals surface area contributed by atoms with E-state index in [-0.39, 0.29) is 0 Å². The lowest BCUT2D eigenvalue weighted by Gasteiger charge is -2.11. The van der Waals surface area contributed by atoms with E-state index in [2.05, 4.69) is 16.1 Å². The summed E-state index contributed by atoms with van der Waals surface area (Å²) < 4.78 is 4.67. The van der Waals surface area contributed by atoms with Gasteiger partial charge in [0, 0.05) is 24.0 Å². The molecule has 0 spiro atoms. The van der Waals surface area contributed by atoms with Crippen molar-refractivity contribution in [1.82, 2.24) is 0 Å². The normalized spacial score (nSPS) is 9.64. The average molecular weight is 293 g/mol. The summed E-state index contributed by atoms with van der Waals surface area (Å²) in [6.45, 7) is 0.560. The van der Waals surface area contributed by atoms with Gasteiger partial charge in [0.2, 0.25) is 0 Å². The summed E-state index contributed by atoms with van der Waals surface area (Å²) in [6, 6.07) is 14.3. The van der Waals surface area contributed by atoms with Gasteiger partial charge in [-0.1, -0.05) is 12.1 Å². The summed E-state index contributed by atoms with van der Waals surface area (Å²) in [7, 11) is 1.32. The van der Waals surface area contributed by atoms with Crippen LogP contribution < -0.4 is 5.32 Å². The van der Waals surface area contributed by atoms with Crippen LogP contribution in [0, 0.1) is 16.7 Å². The van der Waals surface area contributed by atoms with Gasteiger partial charge < -0.3 is 15.5 Å². The first-order chi connectivity index (χ1) is 10.7.